The van der Waals surface area contributed by atoms with Gasteiger partial charge < -0.3 is 5.11 Å². The Hall–Kier alpha value is -1.60. The maximum atomic E-state index is 9.10. The van der Waals surface area contributed by atoms with Gasteiger partial charge in [-0.05, 0) is 34.9 Å². The second kappa shape index (κ2) is 3.87. The molecule has 2 rings (SSSR count). The van der Waals surface area contributed by atoms with Gasteiger partial charge in [-0.3, -0.25) is 0 Å². The van der Waals surface area contributed by atoms with Crippen LogP contribution >= 0.6 is 0 Å². The lowest BCUT2D eigenvalue weighted by Crippen LogP contribution is -1.86. The predicted octanol–water partition coefficient (Wildman–Crippen LogP) is 3.37. The van der Waals surface area contributed by atoms with Gasteiger partial charge in [0.15, 0.2) is 0 Å². The first-order valence-corrected chi connectivity index (χ1v) is 5.01. The lowest BCUT2D eigenvalue weighted by atomic mass is 9.98. The van der Waals surface area contributed by atoms with Crippen LogP contribution in [0.2, 0.25) is 0 Å². The molecular weight excluding hydrogens is 184 g/mol. The van der Waals surface area contributed by atoms with Crippen molar-refractivity contribution in [3.63, 3.8) is 0 Å². The highest BCUT2D eigenvalue weighted by atomic mass is 16.3. The predicted molar refractivity (Wildman–Crippen MR) is 64.6 cm³/mol. The average molecular weight is 198 g/mol. The lowest BCUT2D eigenvalue weighted by molar-refractivity contribution is 0.282. The van der Waals surface area contributed by atoms with Crippen molar-refractivity contribution in [3.05, 3.63) is 54.1 Å². The maximum absolute atomic E-state index is 9.10. The Morgan fingerprint density at radius 2 is 2.07 bits per heavy atom. The molecule has 1 heteroatoms. The van der Waals surface area contributed by atoms with Crippen molar-refractivity contribution < 1.29 is 5.11 Å². The van der Waals surface area contributed by atoms with E-state index in [1.165, 1.54) is 5.39 Å². The zero-order valence-corrected chi connectivity index (χ0v) is 8.83. The summed E-state index contributed by atoms with van der Waals surface area (Å²) in [5.41, 5.74) is 3.15. The number of rotatable bonds is 2. The second-order valence-corrected chi connectivity index (χ2v) is 3.80. The van der Waals surface area contributed by atoms with Crippen molar-refractivity contribution in [2.45, 2.75) is 13.5 Å². The number of hydrogen-bond acceptors (Lipinski definition) is 1. The fourth-order valence-corrected chi connectivity index (χ4v) is 1.79. The van der Waals surface area contributed by atoms with Gasteiger partial charge in [0.05, 0.1) is 6.61 Å². The topological polar surface area (TPSA) is 20.2 Å². The van der Waals surface area contributed by atoms with Gasteiger partial charge in [-0.2, -0.15) is 0 Å². The van der Waals surface area contributed by atoms with E-state index < -0.39 is 0 Å². The Morgan fingerprint density at radius 1 is 1.27 bits per heavy atom. The van der Waals surface area contributed by atoms with Crippen LogP contribution in [0, 0.1) is 0 Å². The van der Waals surface area contributed by atoms with Crippen LogP contribution in [-0.2, 0) is 6.61 Å². The van der Waals surface area contributed by atoms with E-state index in [4.69, 9.17) is 5.11 Å². The van der Waals surface area contributed by atoms with Crippen LogP contribution < -0.4 is 0 Å². The van der Waals surface area contributed by atoms with E-state index in [9.17, 15) is 0 Å². The largest absolute Gasteiger partial charge is 0.392 e. The number of allylic oxidation sites excluding steroid dienone is 1. The average Bonchev–Trinajstić information content (AvgIpc) is 2.27. The van der Waals surface area contributed by atoms with Crippen LogP contribution in [0.25, 0.3) is 16.3 Å². The Labute approximate surface area is 89.7 Å². The van der Waals surface area contributed by atoms with E-state index in [0.717, 1.165) is 22.1 Å². The smallest absolute Gasteiger partial charge is 0.0682 e. The minimum absolute atomic E-state index is 0.0838. The summed E-state index contributed by atoms with van der Waals surface area (Å²) in [6.07, 6.45) is 0. The molecule has 0 saturated heterocycles. The third-order valence-corrected chi connectivity index (χ3v) is 2.59. The fourth-order valence-electron chi connectivity index (χ4n) is 1.79. The van der Waals surface area contributed by atoms with Crippen LogP contribution in [0.1, 0.15) is 18.1 Å². The molecule has 0 radical (unpaired) electrons. The highest BCUT2D eigenvalue weighted by molar-refractivity contribution is 5.93. The molecule has 0 atom stereocenters. The molecule has 1 N–H and O–H groups in total. The summed E-state index contributed by atoms with van der Waals surface area (Å²) in [6.45, 7) is 6.05. The molecule has 76 valence electrons. The van der Waals surface area contributed by atoms with Gasteiger partial charge in [0.2, 0.25) is 0 Å². The summed E-state index contributed by atoms with van der Waals surface area (Å²) < 4.78 is 0. The van der Waals surface area contributed by atoms with Gasteiger partial charge in [0.25, 0.3) is 0 Å². The highest BCUT2D eigenvalue weighted by Crippen LogP contribution is 2.25. The molecule has 0 amide bonds. The van der Waals surface area contributed by atoms with Crippen molar-refractivity contribution >= 4 is 16.3 Å². The van der Waals surface area contributed by atoms with E-state index in [-0.39, 0.29) is 6.61 Å². The van der Waals surface area contributed by atoms with Crippen LogP contribution in [-0.4, -0.2) is 5.11 Å². The van der Waals surface area contributed by atoms with E-state index in [1.54, 1.807) is 0 Å². The molecule has 0 spiro atoms. The van der Waals surface area contributed by atoms with E-state index in [0.29, 0.717) is 0 Å². The Bertz CT molecular complexity index is 512. The summed E-state index contributed by atoms with van der Waals surface area (Å²) in [4.78, 5) is 0. The molecule has 15 heavy (non-hydrogen) atoms. The number of fused-ring (bicyclic) bond motifs is 1. The van der Waals surface area contributed by atoms with E-state index >= 15 is 0 Å². The number of aliphatic hydroxyl groups is 1. The molecule has 0 aliphatic rings. The lowest BCUT2D eigenvalue weighted by Gasteiger charge is -2.07. The minimum atomic E-state index is 0.0838. The SMILES string of the molecule is C=C(C)c1cccc2ccc(CO)cc12. The Morgan fingerprint density at radius 3 is 2.73 bits per heavy atom. The molecule has 0 aliphatic carbocycles. The molecule has 0 heterocycles. The zero-order valence-electron chi connectivity index (χ0n) is 8.83. The van der Waals surface area contributed by atoms with E-state index in [2.05, 4.69) is 18.7 Å². The maximum Gasteiger partial charge on any atom is 0.0682 e. The molecular formula is C14H14O. The molecule has 0 fully saturated rings. The van der Waals surface area contributed by atoms with Gasteiger partial charge in [-0.15, -0.1) is 0 Å². The second-order valence-electron chi connectivity index (χ2n) is 3.80. The molecule has 0 aromatic heterocycles. The van der Waals surface area contributed by atoms with Crippen LogP contribution in [0.5, 0.6) is 0 Å². The molecule has 1 nitrogen and oxygen atoms in total. The van der Waals surface area contributed by atoms with Crippen molar-refractivity contribution in [2.24, 2.45) is 0 Å². The standard InChI is InChI=1S/C14H14O/c1-10(2)13-5-3-4-12-7-6-11(9-15)8-14(12)13/h3-8,15H,1,9H2,2H3. The molecule has 0 aliphatic heterocycles. The van der Waals surface area contributed by atoms with Gasteiger partial charge in [-0.1, -0.05) is 42.5 Å². The quantitative estimate of drug-likeness (QED) is 0.784. The summed E-state index contributed by atoms with van der Waals surface area (Å²) in [5.74, 6) is 0. The molecule has 0 bridgehead atoms. The first kappa shape index (κ1) is 9.94. The first-order chi connectivity index (χ1) is 7.22. The van der Waals surface area contributed by atoms with Gasteiger partial charge in [0, 0.05) is 0 Å². The van der Waals surface area contributed by atoms with E-state index in [1.807, 2.05) is 31.2 Å². The number of benzene rings is 2. The Balaban J connectivity index is 2.76. The third-order valence-electron chi connectivity index (χ3n) is 2.59. The zero-order chi connectivity index (χ0) is 10.8. The van der Waals surface area contributed by atoms with Gasteiger partial charge in [-0.25, -0.2) is 0 Å². The van der Waals surface area contributed by atoms with Gasteiger partial charge >= 0.3 is 0 Å². The van der Waals surface area contributed by atoms with Crippen molar-refractivity contribution in [2.75, 3.05) is 0 Å². The summed E-state index contributed by atoms with van der Waals surface area (Å²) in [7, 11) is 0. The summed E-state index contributed by atoms with van der Waals surface area (Å²) in [6, 6.07) is 12.2. The first-order valence-electron chi connectivity index (χ1n) is 5.01. The van der Waals surface area contributed by atoms with Crippen LogP contribution in [0.15, 0.2) is 43.0 Å². The Kier molecular flexibility index (Phi) is 2.57. The fraction of sp³-hybridized carbons (Fsp3) is 0.143. The summed E-state index contributed by atoms with van der Waals surface area (Å²) in [5, 5.41) is 11.5. The monoisotopic (exact) mass is 198 g/mol. The van der Waals surface area contributed by atoms with Crippen LogP contribution in [0.3, 0.4) is 0 Å². The highest BCUT2D eigenvalue weighted by Gasteiger charge is 2.02. The van der Waals surface area contributed by atoms with Crippen molar-refractivity contribution in [1.82, 2.24) is 0 Å². The van der Waals surface area contributed by atoms with Crippen LogP contribution in [0.4, 0.5) is 0 Å². The molecule has 0 unspecified atom stereocenters. The molecule has 0 saturated carbocycles. The number of aliphatic hydroxyl groups excluding tert-OH is 1. The normalized spacial score (nSPS) is 10.5. The molecule has 2 aromatic rings. The van der Waals surface area contributed by atoms with Crippen molar-refractivity contribution in [1.29, 1.82) is 0 Å². The van der Waals surface area contributed by atoms with Gasteiger partial charge in [0.1, 0.15) is 0 Å². The minimum Gasteiger partial charge on any atom is -0.392 e. The molecule has 2 aromatic carbocycles. The summed E-state index contributed by atoms with van der Waals surface area (Å²) >= 11 is 0. The van der Waals surface area contributed by atoms with Crippen molar-refractivity contribution in [3.8, 4) is 0 Å². The number of hydrogen-bond donors (Lipinski definition) is 1. The third kappa shape index (κ3) is 1.79.